The molecule has 1 aliphatic carbocycles. The Balaban J connectivity index is 1.80. The Labute approximate surface area is 113 Å². The number of ether oxygens (including phenoxy) is 2. The third kappa shape index (κ3) is 2.29. The fraction of sp³-hybridized carbons (Fsp3) is 0.600. The van der Waals surface area contributed by atoms with Gasteiger partial charge in [-0.1, -0.05) is 30.2 Å². The zero-order valence-corrected chi connectivity index (χ0v) is 11.2. The van der Waals surface area contributed by atoms with Gasteiger partial charge in [-0.2, -0.15) is 0 Å². The van der Waals surface area contributed by atoms with Gasteiger partial charge in [-0.25, -0.2) is 0 Å². The number of hydrogen-bond donors (Lipinski definition) is 0. The average molecular weight is 266 g/mol. The van der Waals surface area contributed by atoms with Crippen LogP contribution in [0.1, 0.15) is 31.2 Å². The van der Waals surface area contributed by atoms with Crippen LogP contribution in [0.15, 0.2) is 18.2 Å². The predicted molar refractivity (Wildman–Crippen MR) is 70.6 cm³/mol. The van der Waals surface area contributed by atoms with Gasteiger partial charge >= 0.3 is 0 Å². The number of hydrogen-bond acceptors (Lipinski definition) is 2. The summed E-state index contributed by atoms with van der Waals surface area (Å²) >= 11 is 6.23. The topological polar surface area (TPSA) is 18.5 Å². The SMILES string of the molecule is Clc1c[c]ccc1CC1CCCCC12OCCO2. The molecule has 1 saturated heterocycles. The molecule has 0 bridgehead atoms. The standard InChI is InChI=1S/C15H18ClO2/c16-14-7-2-1-5-12(14)11-13-6-3-4-8-15(13)17-9-10-18-15/h1,5,7,13H,3-4,6,8-11H2. The Morgan fingerprint density at radius 3 is 2.94 bits per heavy atom. The van der Waals surface area contributed by atoms with E-state index in [1.165, 1.54) is 18.4 Å². The Morgan fingerprint density at radius 2 is 2.17 bits per heavy atom. The molecule has 2 nitrogen and oxygen atoms in total. The van der Waals surface area contributed by atoms with Crippen molar-refractivity contribution in [3.63, 3.8) is 0 Å². The van der Waals surface area contributed by atoms with Crippen LogP contribution in [0.3, 0.4) is 0 Å². The number of benzene rings is 1. The molecule has 1 aromatic carbocycles. The lowest BCUT2D eigenvalue weighted by Crippen LogP contribution is -2.42. The van der Waals surface area contributed by atoms with Crippen LogP contribution in [0.25, 0.3) is 0 Å². The molecule has 1 saturated carbocycles. The molecule has 2 fully saturated rings. The molecule has 1 spiro atoms. The summed E-state index contributed by atoms with van der Waals surface area (Å²) in [5, 5.41) is 0.802. The molecule has 1 unspecified atom stereocenters. The highest BCUT2D eigenvalue weighted by atomic mass is 35.5. The van der Waals surface area contributed by atoms with E-state index in [0.29, 0.717) is 5.92 Å². The summed E-state index contributed by atoms with van der Waals surface area (Å²) < 4.78 is 11.9. The second-order valence-electron chi connectivity index (χ2n) is 5.17. The van der Waals surface area contributed by atoms with Gasteiger partial charge in [-0.15, -0.1) is 0 Å². The van der Waals surface area contributed by atoms with E-state index in [0.717, 1.165) is 37.5 Å². The Bertz CT molecular complexity index is 413. The van der Waals surface area contributed by atoms with Crippen molar-refractivity contribution >= 4 is 11.6 Å². The first kappa shape index (κ1) is 12.5. The summed E-state index contributed by atoms with van der Waals surface area (Å²) in [6.07, 6.45) is 5.58. The van der Waals surface area contributed by atoms with Gasteiger partial charge in [0.05, 0.1) is 13.2 Å². The van der Waals surface area contributed by atoms with E-state index in [1.807, 2.05) is 12.1 Å². The molecule has 2 aliphatic rings. The van der Waals surface area contributed by atoms with Gasteiger partial charge in [0.2, 0.25) is 0 Å². The third-order valence-corrected chi connectivity index (χ3v) is 4.44. The van der Waals surface area contributed by atoms with Crippen LogP contribution in [0.4, 0.5) is 0 Å². The van der Waals surface area contributed by atoms with E-state index >= 15 is 0 Å². The largest absolute Gasteiger partial charge is 0.347 e. The lowest BCUT2D eigenvalue weighted by molar-refractivity contribution is -0.212. The van der Waals surface area contributed by atoms with E-state index in [2.05, 4.69) is 12.1 Å². The highest BCUT2D eigenvalue weighted by molar-refractivity contribution is 6.31. The first-order valence-corrected chi connectivity index (χ1v) is 7.10. The fourth-order valence-electron chi connectivity index (χ4n) is 3.17. The molecular formula is C15H18ClO2. The molecule has 3 rings (SSSR count). The van der Waals surface area contributed by atoms with E-state index in [-0.39, 0.29) is 5.79 Å². The lowest BCUT2D eigenvalue weighted by atomic mass is 9.79. The molecule has 1 radical (unpaired) electrons. The highest BCUT2D eigenvalue weighted by Crippen LogP contribution is 2.42. The van der Waals surface area contributed by atoms with Gasteiger partial charge in [0.15, 0.2) is 5.79 Å². The Morgan fingerprint density at radius 1 is 1.33 bits per heavy atom. The van der Waals surface area contributed by atoms with E-state index in [9.17, 15) is 0 Å². The van der Waals surface area contributed by atoms with Crippen molar-refractivity contribution in [3.05, 3.63) is 34.9 Å². The van der Waals surface area contributed by atoms with Crippen LogP contribution in [0, 0.1) is 12.0 Å². The van der Waals surface area contributed by atoms with E-state index in [1.54, 1.807) is 0 Å². The van der Waals surface area contributed by atoms with Gasteiger partial charge in [0, 0.05) is 17.4 Å². The minimum atomic E-state index is -0.332. The maximum atomic E-state index is 6.23. The summed E-state index contributed by atoms with van der Waals surface area (Å²) in [6, 6.07) is 8.82. The summed E-state index contributed by atoms with van der Waals surface area (Å²) in [7, 11) is 0. The smallest absolute Gasteiger partial charge is 0.171 e. The Kier molecular flexibility index (Phi) is 3.60. The molecular weight excluding hydrogens is 248 g/mol. The molecule has 1 atom stereocenters. The van der Waals surface area contributed by atoms with Crippen molar-refractivity contribution in [3.8, 4) is 0 Å². The monoisotopic (exact) mass is 265 g/mol. The van der Waals surface area contributed by atoms with Crippen molar-refractivity contribution in [1.29, 1.82) is 0 Å². The lowest BCUT2D eigenvalue weighted by Gasteiger charge is -2.39. The van der Waals surface area contributed by atoms with Crippen LogP contribution in [0.5, 0.6) is 0 Å². The van der Waals surface area contributed by atoms with Gasteiger partial charge in [0.25, 0.3) is 0 Å². The maximum absolute atomic E-state index is 6.23. The van der Waals surface area contributed by atoms with Crippen LogP contribution in [-0.2, 0) is 15.9 Å². The molecule has 3 heteroatoms. The van der Waals surface area contributed by atoms with Crippen LogP contribution in [0.2, 0.25) is 5.02 Å². The van der Waals surface area contributed by atoms with Crippen molar-refractivity contribution in [2.45, 2.75) is 37.9 Å². The quantitative estimate of drug-likeness (QED) is 0.813. The normalized spacial score (nSPS) is 26.6. The minimum Gasteiger partial charge on any atom is -0.347 e. The molecule has 0 N–H and O–H groups in total. The summed E-state index contributed by atoms with van der Waals surface area (Å²) in [5.41, 5.74) is 1.18. The fourth-order valence-corrected chi connectivity index (χ4v) is 3.37. The third-order valence-electron chi connectivity index (χ3n) is 4.09. The van der Waals surface area contributed by atoms with Crippen LogP contribution < -0.4 is 0 Å². The van der Waals surface area contributed by atoms with Crippen LogP contribution in [-0.4, -0.2) is 19.0 Å². The number of rotatable bonds is 2. The van der Waals surface area contributed by atoms with Gasteiger partial charge in [-0.3, -0.25) is 0 Å². The molecule has 1 aliphatic heterocycles. The number of halogens is 1. The van der Waals surface area contributed by atoms with Gasteiger partial charge in [0.1, 0.15) is 0 Å². The summed E-state index contributed by atoms with van der Waals surface area (Å²) in [5.74, 6) is 0.0925. The molecule has 1 aromatic rings. The van der Waals surface area contributed by atoms with Crippen molar-refractivity contribution in [2.24, 2.45) is 5.92 Å². The molecule has 97 valence electrons. The van der Waals surface area contributed by atoms with Gasteiger partial charge < -0.3 is 9.47 Å². The second kappa shape index (κ2) is 5.20. The first-order chi connectivity index (χ1) is 8.80. The van der Waals surface area contributed by atoms with Crippen molar-refractivity contribution < 1.29 is 9.47 Å². The van der Waals surface area contributed by atoms with Gasteiger partial charge in [-0.05, 0) is 37.0 Å². The van der Waals surface area contributed by atoms with E-state index in [4.69, 9.17) is 21.1 Å². The van der Waals surface area contributed by atoms with Crippen molar-refractivity contribution in [2.75, 3.05) is 13.2 Å². The zero-order valence-electron chi connectivity index (χ0n) is 10.5. The summed E-state index contributed by atoms with van der Waals surface area (Å²) in [4.78, 5) is 0. The van der Waals surface area contributed by atoms with Crippen LogP contribution >= 0.6 is 11.6 Å². The Hall–Kier alpha value is -0.570. The zero-order chi connectivity index (χ0) is 12.4. The highest BCUT2D eigenvalue weighted by Gasteiger charge is 2.45. The maximum Gasteiger partial charge on any atom is 0.171 e. The predicted octanol–water partition coefficient (Wildman–Crippen LogP) is 3.62. The second-order valence-corrected chi connectivity index (χ2v) is 5.58. The van der Waals surface area contributed by atoms with E-state index < -0.39 is 0 Å². The summed E-state index contributed by atoms with van der Waals surface area (Å²) in [6.45, 7) is 1.46. The molecule has 1 heterocycles. The molecule has 0 aromatic heterocycles. The minimum absolute atomic E-state index is 0.332. The molecule has 0 amide bonds. The average Bonchev–Trinajstić information content (AvgIpc) is 2.84. The molecule has 18 heavy (non-hydrogen) atoms. The first-order valence-electron chi connectivity index (χ1n) is 6.72. The van der Waals surface area contributed by atoms with Crippen molar-refractivity contribution in [1.82, 2.24) is 0 Å².